The van der Waals surface area contributed by atoms with Crippen LogP contribution in [-0.2, 0) is 0 Å². The van der Waals surface area contributed by atoms with Crippen LogP contribution < -0.4 is 5.73 Å². The third-order valence-electron chi connectivity index (χ3n) is 3.53. The zero-order valence-electron chi connectivity index (χ0n) is 12.5. The number of nitrogens with two attached hydrogens (primary N) is 1. The van der Waals surface area contributed by atoms with E-state index in [0.29, 0.717) is 27.7 Å². The maximum atomic E-state index is 11.6. The molecule has 0 saturated heterocycles. The second-order valence-corrected chi connectivity index (χ2v) is 6.00. The first kappa shape index (κ1) is 16.3. The van der Waals surface area contributed by atoms with Gasteiger partial charge in [0.25, 0.3) is 0 Å². The highest BCUT2D eigenvalue weighted by atomic mass is 35.5. The minimum atomic E-state index is -1.08. The largest absolute Gasteiger partial charge is 0.478 e. The monoisotopic (exact) mass is 362 g/mol. The zero-order chi connectivity index (χ0) is 17.4. The first-order valence-corrected chi connectivity index (χ1v) is 7.63. The number of H-pyrrole nitrogens is 1. The topological polar surface area (TPSA) is 105 Å². The van der Waals surface area contributed by atoms with E-state index in [0.717, 1.165) is 5.56 Å². The van der Waals surface area contributed by atoms with Crippen molar-refractivity contribution < 1.29 is 9.90 Å². The smallest absolute Gasteiger partial charge is 0.337 e. The van der Waals surface area contributed by atoms with Gasteiger partial charge in [0.15, 0.2) is 0 Å². The summed E-state index contributed by atoms with van der Waals surface area (Å²) >= 11 is 12.2. The Balaban J connectivity index is 2.24. The molecule has 0 bridgehead atoms. The Morgan fingerprint density at radius 1 is 1.29 bits per heavy atom. The van der Waals surface area contributed by atoms with Gasteiger partial charge >= 0.3 is 5.97 Å². The van der Waals surface area contributed by atoms with E-state index in [4.69, 9.17) is 28.9 Å². The molecule has 2 heterocycles. The van der Waals surface area contributed by atoms with E-state index < -0.39 is 5.97 Å². The van der Waals surface area contributed by atoms with Crippen LogP contribution in [0.15, 0.2) is 30.5 Å². The molecular weight excluding hydrogens is 351 g/mol. The molecule has 122 valence electrons. The van der Waals surface area contributed by atoms with E-state index in [9.17, 15) is 9.90 Å². The molecule has 0 aliphatic rings. The number of carbonyl (C=O) groups is 1. The number of aryl methyl sites for hydroxylation is 1. The van der Waals surface area contributed by atoms with E-state index in [1.807, 2.05) is 13.0 Å². The van der Waals surface area contributed by atoms with Gasteiger partial charge in [0.2, 0.25) is 5.95 Å². The number of carboxylic acid groups (broad SMARTS) is 1. The van der Waals surface area contributed by atoms with Crippen LogP contribution in [0.3, 0.4) is 0 Å². The molecule has 0 aliphatic heterocycles. The molecule has 1 aromatic carbocycles. The van der Waals surface area contributed by atoms with Crippen molar-refractivity contribution in [2.45, 2.75) is 6.92 Å². The average molecular weight is 363 g/mol. The molecule has 0 fully saturated rings. The fourth-order valence-electron chi connectivity index (χ4n) is 2.40. The van der Waals surface area contributed by atoms with E-state index >= 15 is 0 Å². The van der Waals surface area contributed by atoms with E-state index in [1.165, 1.54) is 12.3 Å². The van der Waals surface area contributed by atoms with Gasteiger partial charge in [0, 0.05) is 10.6 Å². The van der Waals surface area contributed by atoms with Crippen LogP contribution in [0.1, 0.15) is 15.9 Å². The second kappa shape index (κ2) is 6.14. The lowest BCUT2D eigenvalue weighted by molar-refractivity contribution is 0.0698. The summed E-state index contributed by atoms with van der Waals surface area (Å²) < 4.78 is 0. The van der Waals surface area contributed by atoms with E-state index in [-0.39, 0.29) is 16.5 Å². The summed E-state index contributed by atoms with van der Waals surface area (Å²) in [4.78, 5) is 22.6. The molecule has 3 aromatic rings. The van der Waals surface area contributed by atoms with Crippen molar-refractivity contribution in [2.75, 3.05) is 5.73 Å². The van der Waals surface area contributed by atoms with Crippen LogP contribution in [0, 0.1) is 6.92 Å². The Hall–Kier alpha value is -2.57. The lowest BCUT2D eigenvalue weighted by atomic mass is 10.0. The number of aromatic nitrogens is 3. The fraction of sp³-hybridized carbons (Fsp3) is 0.0625. The molecule has 24 heavy (non-hydrogen) atoms. The first-order valence-electron chi connectivity index (χ1n) is 6.88. The number of aromatic amines is 1. The Morgan fingerprint density at radius 2 is 2.04 bits per heavy atom. The summed E-state index contributed by atoms with van der Waals surface area (Å²) in [5.41, 5.74) is 8.43. The minimum Gasteiger partial charge on any atom is -0.478 e. The summed E-state index contributed by atoms with van der Waals surface area (Å²) in [5.74, 6) is -1.04. The number of hydrogen-bond donors (Lipinski definition) is 3. The summed E-state index contributed by atoms with van der Waals surface area (Å²) in [7, 11) is 0. The second-order valence-electron chi connectivity index (χ2n) is 5.16. The molecule has 4 N–H and O–H groups in total. The number of carboxylic acids is 1. The minimum absolute atomic E-state index is 0.0429. The molecular formula is C16H12Cl2N4O2. The maximum absolute atomic E-state index is 11.6. The number of nitrogens with one attached hydrogen (secondary N) is 1. The molecule has 0 atom stereocenters. The molecule has 0 unspecified atom stereocenters. The van der Waals surface area contributed by atoms with Crippen molar-refractivity contribution in [3.63, 3.8) is 0 Å². The number of aromatic carboxylic acids is 1. The predicted octanol–water partition coefficient (Wildman–Crippen LogP) is 4.03. The summed E-state index contributed by atoms with van der Waals surface area (Å²) in [6.45, 7) is 1.87. The molecule has 8 heteroatoms. The van der Waals surface area contributed by atoms with Gasteiger partial charge in [-0.15, -0.1) is 0 Å². The lowest BCUT2D eigenvalue weighted by Crippen LogP contribution is -1.97. The summed E-state index contributed by atoms with van der Waals surface area (Å²) in [6.07, 6.45) is 1.37. The maximum Gasteiger partial charge on any atom is 0.337 e. The number of benzene rings is 1. The Labute approximate surface area is 147 Å². The third kappa shape index (κ3) is 2.93. The Bertz CT molecular complexity index is 953. The zero-order valence-corrected chi connectivity index (χ0v) is 14.0. The molecule has 0 spiro atoms. The summed E-state index contributed by atoms with van der Waals surface area (Å²) in [5, 5.41) is 10.3. The molecule has 6 nitrogen and oxygen atoms in total. The van der Waals surface area contributed by atoms with Crippen LogP contribution >= 0.6 is 23.2 Å². The highest BCUT2D eigenvalue weighted by molar-refractivity contribution is 6.33. The van der Waals surface area contributed by atoms with Crippen molar-refractivity contribution in [1.82, 2.24) is 15.0 Å². The molecule has 0 aliphatic carbocycles. The van der Waals surface area contributed by atoms with Gasteiger partial charge in [0.05, 0.1) is 28.2 Å². The van der Waals surface area contributed by atoms with Crippen LogP contribution in [-0.4, -0.2) is 26.0 Å². The van der Waals surface area contributed by atoms with Crippen LogP contribution in [0.4, 0.5) is 5.95 Å². The van der Waals surface area contributed by atoms with Crippen molar-refractivity contribution in [2.24, 2.45) is 0 Å². The molecule has 0 saturated carbocycles. The van der Waals surface area contributed by atoms with Crippen LogP contribution in [0.5, 0.6) is 0 Å². The highest BCUT2D eigenvalue weighted by Crippen LogP contribution is 2.34. The number of hydrogen-bond acceptors (Lipinski definition) is 4. The van der Waals surface area contributed by atoms with Crippen LogP contribution in [0.2, 0.25) is 10.0 Å². The number of nitrogen functional groups attached to an aromatic ring is 1. The van der Waals surface area contributed by atoms with Gasteiger partial charge in [0.1, 0.15) is 5.69 Å². The van der Waals surface area contributed by atoms with Gasteiger partial charge in [-0.3, -0.25) is 0 Å². The number of anilines is 1. The van der Waals surface area contributed by atoms with Gasteiger partial charge in [-0.1, -0.05) is 29.3 Å². The molecule has 3 rings (SSSR count). The highest BCUT2D eigenvalue weighted by Gasteiger charge is 2.20. The van der Waals surface area contributed by atoms with Crippen molar-refractivity contribution in [1.29, 1.82) is 0 Å². The van der Waals surface area contributed by atoms with E-state index in [1.54, 1.807) is 12.1 Å². The standard InChI is InChI=1S/C16H12Cl2N4O2/c1-7-2-3-8(17)4-9(7)13-10(15(23)24)5-12(21-13)14-11(18)6-20-16(19)22-14/h2-6,21H,1H3,(H,23,24)(H2,19,20,22). The Kier molecular flexibility index (Phi) is 4.17. The first-order chi connectivity index (χ1) is 11.4. The molecule has 0 amide bonds. The van der Waals surface area contributed by atoms with Gasteiger partial charge in [-0.05, 0) is 30.7 Å². The number of halogens is 2. The van der Waals surface area contributed by atoms with Crippen molar-refractivity contribution >= 4 is 35.1 Å². The van der Waals surface area contributed by atoms with Gasteiger partial charge in [-0.25, -0.2) is 14.8 Å². The normalized spacial score (nSPS) is 10.8. The third-order valence-corrected chi connectivity index (χ3v) is 4.05. The molecule has 2 aromatic heterocycles. The SMILES string of the molecule is Cc1ccc(Cl)cc1-c1[nH]c(-c2nc(N)ncc2Cl)cc1C(=O)O. The van der Waals surface area contributed by atoms with E-state index in [2.05, 4.69) is 15.0 Å². The quantitative estimate of drug-likeness (QED) is 0.652. The lowest BCUT2D eigenvalue weighted by Gasteiger charge is -2.06. The Morgan fingerprint density at radius 3 is 2.75 bits per heavy atom. The van der Waals surface area contributed by atoms with Crippen molar-refractivity contribution in [3.8, 4) is 22.6 Å². The fourth-order valence-corrected chi connectivity index (χ4v) is 2.76. The molecule has 0 radical (unpaired) electrons. The number of rotatable bonds is 3. The van der Waals surface area contributed by atoms with Crippen molar-refractivity contribution in [3.05, 3.63) is 51.6 Å². The van der Waals surface area contributed by atoms with Crippen LogP contribution in [0.25, 0.3) is 22.6 Å². The van der Waals surface area contributed by atoms with Gasteiger partial charge < -0.3 is 15.8 Å². The predicted molar refractivity (Wildman–Crippen MR) is 93.4 cm³/mol. The van der Waals surface area contributed by atoms with Gasteiger partial charge in [-0.2, -0.15) is 0 Å². The number of nitrogens with zero attached hydrogens (tertiary/aromatic N) is 2. The summed E-state index contributed by atoms with van der Waals surface area (Å²) in [6, 6.07) is 6.73. The average Bonchev–Trinajstić information content (AvgIpc) is 2.97.